The van der Waals surface area contributed by atoms with E-state index in [-0.39, 0.29) is 19.1 Å². The third kappa shape index (κ3) is 3.44. The van der Waals surface area contributed by atoms with Gasteiger partial charge in [-0.1, -0.05) is 6.92 Å². The van der Waals surface area contributed by atoms with Crippen LogP contribution in [0.5, 0.6) is 0 Å². The quantitative estimate of drug-likeness (QED) is 0.769. The molecule has 2 N–H and O–H groups in total. The van der Waals surface area contributed by atoms with E-state index in [9.17, 15) is 0 Å². The summed E-state index contributed by atoms with van der Waals surface area (Å²) in [5, 5.41) is 17.3. The van der Waals surface area contributed by atoms with Gasteiger partial charge in [-0.2, -0.15) is 10.5 Å². The maximum atomic E-state index is 8.66. The van der Waals surface area contributed by atoms with Gasteiger partial charge in [0.2, 0.25) is 0 Å². The van der Waals surface area contributed by atoms with Crippen molar-refractivity contribution in [3.05, 3.63) is 24.0 Å². The first-order valence-electron chi connectivity index (χ1n) is 5.43. The molecule has 0 saturated carbocycles. The minimum Gasteiger partial charge on any atom is -0.344 e. The lowest BCUT2D eigenvalue weighted by atomic mass is 10.1. The van der Waals surface area contributed by atoms with Crippen LogP contribution in [0.25, 0.3) is 0 Å². The zero-order chi connectivity index (χ0) is 12.7. The molecule has 5 heteroatoms. The number of pyridine rings is 1. The Balaban J connectivity index is 2.85. The average molecular weight is 229 g/mol. The summed E-state index contributed by atoms with van der Waals surface area (Å²) in [6, 6.07) is 7.66. The second-order valence-electron chi connectivity index (χ2n) is 3.63. The molecule has 0 spiro atoms. The molecule has 0 aliphatic carbocycles. The van der Waals surface area contributed by atoms with Crippen LogP contribution in [0.2, 0.25) is 0 Å². The Hall–Kier alpha value is -2.11. The summed E-state index contributed by atoms with van der Waals surface area (Å²) in [5.41, 5.74) is 7.45. The lowest BCUT2D eigenvalue weighted by Gasteiger charge is -2.18. The van der Waals surface area contributed by atoms with Crippen molar-refractivity contribution in [3.8, 4) is 12.1 Å². The number of hydrogen-bond donors (Lipinski definition) is 1. The fourth-order valence-corrected chi connectivity index (χ4v) is 1.42. The highest BCUT2D eigenvalue weighted by atomic mass is 15.1. The molecular weight excluding hydrogens is 214 g/mol. The molecule has 0 bridgehead atoms. The molecule has 0 aromatic carbocycles. The van der Waals surface area contributed by atoms with E-state index >= 15 is 0 Å². The van der Waals surface area contributed by atoms with E-state index in [1.54, 1.807) is 11.1 Å². The number of hydrogen-bond acceptors (Lipinski definition) is 5. The summed E-state index contributed by atoms with van der Waals surface area (Å²) < 4.78 is 0. The largest absolute Gasteiger partial charge is 0.344 e. The molecule has 1 aromatic rings. The molecule has 1 atom stereocenters. The number of rotatable bonds is 5. The molecule has 0 unspecified atom stereocenters. The lowest BCUT2D eigenvalue weighted by Crippen LogP contribution is -2.24. The predicted octanol–water partition coefficient (Wildman–Crippen LogP) is 1.34. The maximum absolute atomic E-state index is 8.66. The molecule has 0 aliphatic rings. The van der Waals surface area contributed by atoms with E-state index in [4.69, 9.17) is 16.3 Å². The number of nitrogens with zero attached hydrogens (tertiary/aromatic N) is 4. The fourth-order valence-electron chi connectivity index (χ4n) is 1.42. The van der Waals surface area contributed by atoms with Crippen LogP contribution in [0.4, 0.5) is 5.69 Å². The summed E-state index contributed by atoms with van der Waals surface area (Å²) in [6.45, 7) is 2.35. The van der Waals surface area contributed by atoms with Gasteiger partial charge >= 0.3 is 0 Å². The summed E-state index contributed by atoms with van der Waals surface area (Å²) in [4.78, 5) is 5.91. The Kier molecular flexibility index (Phi) is 4.93. The molecule has 5 nitrogen and oxygen atoms in total. The van der Waals surface area contributed by atoms with Crippen LogP contribution in [0.15, 0.2) is 18.3 Å². The Bertz CT molecular complexity index is 410. The molecule has 17 heavy (non-hydrogen) atoms. The zero-order valence-electron chi connectivity index (χ0n) is 9.80. The van der Waals surface area contributed by atoms with Gasteiger partial charge in [-0.25, -0.2) is 0 Å². The highest BCUT2D eigenvalue weighted by Gasteiger charge is 2.08. The molecule has 0 fully saturated rings. The molecule has 1 aromatic heterocycles. The molecule has 0 radical (unpaired) electrons. The van der Waals surface area contributed by atoms with E-state index in [0.29, 0.717) is 0 Å². The van der Waals surface area contributed by atoms with E-state index in [1.807, 2.05) is 31.2 Å². The van der Waals surface area contributed by atoms with E-state index in [0.717, 1.165) is 17.8 Å². The fraction of sp³-hybridized carbons (Fsp3) is 0.417. The smallest absolute Gasteiger partial charge is 0.107 e. The van der Waals surface area contributed by atoms with Crippen LogP contribution in [-0.4, -0.2) is 18.1 Å². The number of nitrogens with two attached hydrogens (primary N) is 1. The number of anilines is 1. The van der Waals surface area contributed by atoms with Crippen molar-refractivity contribution in [2.24, 2.45) is 5.73 Å². The standard InChI is InChI=1S/C12H15N5/c1-2-11(15)12-4-3-10(9-16-12)17(7-5-13)8-6-14/h3-4,9,11H,2,7-8,15H2,1H3/t11-/m0/s1. The summed E-state index contributed by atoms with van der Waals surface area (Å²) in [5.74, 6) is 0. The van der Waals surface area contributed by atoms with Gasteiger partial charge in [-0.05, 0) is 18.6 Å². The summed E-state index contributed by atoms with van der Waals surface area (Å²) >= 11 is 0. The molecule has 0 saturated heterocycles. The SMILES string of the molecule is CC[C@H](N)c1ccc(N(CC#N)CC#N)cn1. The van der Waals surface area contributed by atoms with E-state index in [1.165, 1.54) is 0 Å². The number of nitriles is 2. The third-order valence-corrected chi connectivity index (χ3v) is 2.48. The van der Waals surface area contributed by atoms with Gasteiger partial charge in [0.05, 0.1) is 29.7 Å². The van der Waals surface area contributed by atoms with Crippen LogP contribution < -0.4 is 10.6 Å². The summed E-state index contributed by atoms with van der Waals surface area (Å²) in [7, 11) is 0. The predicted molar refractivity (Wildman–Crippen MR) is 64.9 cm³/mol. The second-order valence-corrected chi connectivity index (χ2v) is 3.63. The molecule has 88 valence electrons. The van der Waals surface area contributed by atoms with Gasteiger partial charge in [0.1, 0.15) is 13.1 Å². The van der Waals surface area contributed by atoms with Gasteiger partial charge in [-0.15, -0.1) is 0 Å². The highest BCUT2D eigenvalue weighted by Crippen LogP contribution is 2.16. The molecule has 1 rings (SSSR count). The topological polar surface area (TPSA) is 89.7 Å². The van der Waals surface area contributed by atoms with Crippen LogP contribution in [0, 0.1) is 22.7 Å². The Labute approximate surface area is 101 Å². The first kappa shape index (κ1) is 13.0. The average Bonchev–Trinajstić information content (AvgIpc) is 2.38. The van der Waals surface area contributed by atoms with Gasteiger partial charge in [0, 0.05) is 6.04 Å². The van der Waals surface area contributed by atoms with E-state index < -0.39 is 0 Å². The molecule has 0 amide bonds. The monoisotopic (exact) mass is 229 g/mol. The van der Waals surface area contributed by atoms with E-state index in [2.05, 4.69) is 4.98 Å². The lowest BCUT2D eigenvalue weighted by molar-refractivity contribution is 0.675. The van der Waals surface area contributed by atoms with Crippen molar-refractivity contribution < 1.29 is 0 Å². The highest BCUT2D eigenvalue weighted by molar-refractivity contribution is 5.46. The maximum Gasteiger partial charge on any atom is 0.107 e. The van der Waals surface area contributed by atoms with Crippen molar-refractivity contribution in [3.63, 3.8) is 0 Å². The van der Waals surface area contributed by atoms with Crippen LogP contribution in [0.1, 0.15) is 25.1 Å². The van der Waals surface area contributed by atoms with Crippen LogP contribution in [-0.2, 0) is 0 Å². The van der Waals surface area contributed by atoms with Gasteiger partial charge in [0.15, 0.2) is 0 Å². The second kappa shape index (κ2) is 6.47. The minimum absolute atomic E-state index is 0.0653. The summed E-state index contributed by atoms with van der Waals surface area (Å²) in [6.07, 6.45) is 2.48. The van der Waals surface area contributed by atoms with Crippen molar-refractivity contribution in [2.45, 2.75) is 19.4 Å². The van der Waals surface area contributed by atoms with Crippen molar-refractivity contribution in [1.82, 2.24) is 4.98 Å². The molecular formula is C12H15N5. The van der Waals surface area contributed by atoms with Gasteiger partial charge in [-0.3, -0.25) is 4.98 Å². The normalized spacial score (nSPS) is 11.3. The first-order valence-corrected chi connectivity index (χ1v) is 5.43. The van der Waals surface area contributed by atoms with Gasteiger partial charge < -0.3 is 10.6 Å². The number of aromatic nitrogens is 1. The Morgan fingerprint density at radius 1 is 1.35 bits per heavy atom. The van der Waals surface area contributed by atoms with Crippen molar-refractivity contribution >= 4 is 5.69 Å². The zero-order valence-corrected chi connectivity index (χ0v) is 9.80. The molecule has 1 heterocycles. The van der Waals surface area contributed by atoms with Crippen molar-refractivity contribution in [1.29, 1.82) is 10.5 Å². The third-order valence-electron chi connectivity index (χ3n) is 2.48. The Morgan fingerprint density at radius 2 is 2.00 bits per heavy atom. The molecule has 0 aliphatic heterocycles. The first-order chi connectivity index (χ1) is 8.22. The van der Waals surface area contributed by atoms with Crippen LogP contribution >= 0.6 is 0 Å². The van der Waals surface area contributed by atoms with Crippen molar-refractivity contribution in [2.75, 3.05) is 18.0 Å². The van der Waals surface area contributed by atoms with Crippen LogP contribution in [0.3, 0.4) is 0 Å². The minimum atomic E-state index is -0.0653. The Morgan fingerprint density at radius 3 is 2.41 bits per heavy atom. The van der Waals surface area contributed by atoms with Gasteiger partial charge in [0.25, 0.3) is 0 Å².